The van der Waals surface area contributed by atoms with E-state index in [1.54, 1.807) is 0 Å². The molecule has 4 aliphatic carbocycles. The van der Waals surface area contributed by atoms with E-state index in [1.165, 1.54) is 13.8 Å². The van der Waals surface area contributed by atoms with Gasteiger partial charge in [-0.2, -0.15) is 0 Å². The van der Waals surface area contributed by atoms with Crippen molar-refractivity contribution in [2.45, 2.75) is 248 Å². The van der Waals surface area contributed by atoms with Crippen LogP contribution >= 0.6 is 0 Å². The van der Waals surface area contributed by atoms with Gasteiger partial charge in [-0.05, 0) is 131 Å². The molecule has 0 radical (unpaired) electrons. The zero-order chi connectivity index (χ0) is 47.4. The molecule has 5 unspecified atom stereocenters. The summed E-state index contributed by atoms with van der Waals surface area (Å²) in [5.41, 5.74) is -2.21. The van der Waals surface area contributed by atoms with E-state index in [9.17, 15) is 46.0 Å². The fourth-order valence-corrected chi connectivity index (χ4v) is 16.0. The minimum atomic E-state index is -1.76. The van der Waals surface area contributed by atoms with Gasteiger partial charge in [0.15, 0.2) is 24.7 Å². The molecule has 0 aromatic carbocycles. The molecule has 0 aromatic rings. The number of hydrogen-bond acceptors (Lipinski definition) is 17. The number of aliphatic hydroxyl groups excluding tert-OH is 8. The largest absolute Gasteiger partial charge is 0.394 e. The molecule has 5 heterocycles. The Morgan fingerprint density at radius 1 is 0.600 bits per heavy atom. The van der Waals surface area contributed by atoms with E-state index in [0.29, 0.717) is 24.7 Å². The van der Waals surface area contributed by atoms with Gasteiger partial charge in [-0.1, -0.05) is 34.6 Å². The Bertz CT molecular complexity index is 1750. The standard InChI is InChI=1S/C48H80O17/c1-21-30(50)33(53)35(55)39(58-21)62-37-32(52)25(20-49)60-41(38(37)63-40-36(56)34(54)31(51)22(2)59-40)61-28-13-14-44(7)26(42(28,3)4)12-16-45(8)27(44)19-24-29-23(11-15-46(29,45)9)47(10)17-18-48(64-24,65-47)43(5,6)57/h21-41,49-57H,11-20H2,1-10H3/t21-,22?,23-,24+,25+,26-,27+,28-,29-,30-,31?,32+,33+,34?,35+,36?,37-,38+,39-,40?,41-,44-,45+,46+,47-,48-/m0/s1. The van der Waals surface area contributed by atoms with Crippen LogP contribution in [0.4, 0.5) is 0 Å². The van der Waals surface area contributed by atoms with Crippen molar-refractivity contribution >= 4 is 0 Å². The first-order valence-corrected chi connectivity index (χ1v) is 24.6. The fraction of sp³-hybridized carbons (Fsp3) is 1.00. The molecule has 9 aliphatic rings. The van der Waals surface area contributed by atoms with Gasteiger partial charge < -0.3 is 83.9 Å². The lowest BCUT2D eigenvalue weighted by molar-refractivity contribution is -0.398. The maximum atomic E-state index is 11.7. The molecule has 17 heteroatoms. The van der Waals surface area contributed by atoms with Crippen molar-refractivity contribution < 1.29 is 83.9 Å². The van der Waals surface area contributed by atoms with Crippen LogP contribution in [-0.4, -0.2) is 174 Å². The first-order valence-electron chi connectivity index (χ1n) is 24.6. The highest BCUT2D eigenvalue weighted by Crippen LogP contribution is 2.78. The molecular weight excluding hydrogens is 849 g/mol. The maximum absolute atomic E-state index is 11.7. The highest BCUT2D eigenvalue weighted by Gasteiger charge is 2.75. The molecule has 17 nitrogen and oxygen atoms in total. The van der Waals surface area contributed by atoms with E-state index in [-0.39, 0.29) is 39.8 Å². The minimum Gasteiger partial charge on any atom is -0.394 e. The average Bonchev–Trinajstić information content (AvgIpc) is 3.76. The molecular formula is C48H80O17. The number of hydrogen-bond donors (Lipinski definition) is 9. The second-order valence-electron chi connectivity index (χ2n) is 24.0. The number of aliphatic hydroxyl groups is 9. The SMILES string of the molecule is CC1OC(O[C@H]2[C@H](O[C@H]3CC[C@]4(C)[C@H]5C[C@H]6O[C@@]7(C(C)(C)O)CC[C@](C)(O7)[C@H]7CC[C@](C)([C@H]67)[C@]5(C)CC[C@H]4C3(C)C)O[C@H](CO)[C@@H](O)[C@@H]2O[C@@H]2O[C@@H](C)[C@H](O)[C@@H](O)[C@H]2O)C(O)C(O)C1O. The third kappa shape index (κ3) is 7.24. The van der Waals surface area contributed by atoms with Gasteiger partial charge in [0.25, 0.3) is 0 Å². The highest BCUT2D eigenvalue weighted by molar-refractivity contribution is 5.22. The van der Waals surface area contributed by atoms with E-state index in [0.717, 1.165) is 44.9 Å². The summed E-state index contributed by atoms with van der Waals surface area (Å²) < 4.78 is 52.0. The van der Waals surface area contributed by atoms with E-state index in [2.05, 4.69) is 41.5 Å². The predicted molar refractivity (Wildman–Crippen MR) is 228 cm³/mol. The molecule has 5 aliphatic heterocycles. The molecule has 26 atom stereocenters. The van der Waals surface area contributed by atoms with Crippen LogP contribution in [0.25, 0.3) is 0 Å². The van der Waals surface area contributed by atoms with Gasteiger partial charge in [0.1, 0.15) is 66.6 Å². The Labute approximate surface area is 383 Å². The van der Waals surface area contributed by atoms with E-state index in [1.807, 2.05) is 13.8 Å². The zero-order valence-corrected chi connectivity index (χ0v) is 40.0. The summed E-state index contributed by atoms with van der Waals surface area (Å²) in [5.74, 6) is -0.00752. The Hall–Kier alpha value is -0.680. The van der Waals surface area contributed by atoms with Gasteiger partial charge >= 0.3 is 0 Å². The van der Waals surface area contributed by atoms with Crippen LogP contribution in [0.5, 0.6) is 0 Å². The lowest BCUT2D eigenvalue weighted by atomic mass is 9.35. The number of rotatable bonds is 8. The summed E-state index contributed by atoms with van der Waals surface area (Å²) in [5, 5.41) is 98.5. The average molecular weight is 929 g/mol. The monoisotopic (exact) mass is 929 g/mol. The summed E-state index contributed by atoms with van der Waals surface area (Å²) in [4.78, 5) is 0. The summed E-state index contributed by atoms with van der Waals surface area (Å²) in [7, 11) is 0. The normalized spacial score (nSPS) is 58.7. The third-order valence-electron chi connectivity index (χ3n) is 20.0. The molecule has 9 fully saturated rings. The van der Waals surface area contributed by atoms with Crippen molar-refractivity contribution in [3.8, 4) is 0 Å². The fourth-order valence-electron chi connectivity index (χ4n) is 16.0. The molecule has 9 N–H and O–H groups in total. The Morgan fingerprint density at radius 3 is 1.77 bits per heavy atom. The van der Waals surface area contributed by atoms with Gasteiger partial charge in [-0.15, -0.1) is 0 Å². The number of ether oxygens (including phenoxy) is 8. The summed E-state index contributed by atoms with van der Waals surface area (Å²) >= 11 is 0. The highest BCUT2D eigenvalue weighted by atomic mass is 16.8. The van der Waals surface area contributed by atoms with Crippen molar-refractivity contribution in [1.82, 2.24) is 0 Å². The number of fused-ring (bicyclic) bond motifs is 7. The molecule has 0 aromatic heterocycles. The topological polar surface area (TPSA) is 256 Å². The second kappa shape index (κ2) is 16.4. The second-order valence-corrected chi connectivity index (χ2v) is 24.0. The molecule has 0 spiro atoms. The summed E-state index contributed by atoms with van der Waals surface area (Å²) in [6.07, 6.45) is -14.7. The van der Waals surface area contributed by atoms with Crippen LogP contribution in [0.15, 0.2) is 0 Å². The van der Waals surface area contributed by atoms with Gasteiger partial charge in [0.2, 0.25) is 0 Å². The van der Waals surface area contributed by atoms with Crippen LogP contribution in [0, 0.1) is 45.3 Å². The molecule has 2 bridgehead atoms. The smallest absolute Gasteiger partial charge is 0.197 e. The molecule has 374 valence electrons. The summed E-state index contributed by atoms with van der Waals surface area (Å²) in [6, 6.07) is 0. The maximum Gasteiger partial charge on any atom is 0.197 e. The van der Waals surface area contributed by atoms with Crippen molar-refractivity contribution in [1.29, 1.82) is 0 Å². The first-order chi connectivity index (χ1) is 30.2. The van der Waals surface area contributed by atoms with Crippen LogP contribution in [0.3, 0.4) is 0 Å². The Kier molecular flexibility index (Phi) is 12.5. The van der Waals surface area contributed by atoms with Crippen molar-refractivity contribution in [3.05, 3.63) is 0 Å². The van der Waals surface area contributed by atoms with E-state index in [4.69, 9.17) is 37.9 Å². The van der Waals surface area contributed by atoms with Gasteiger partial charge in [0.05, 0.1) is 36.6 Å². The van der Waals surface area contributed by atoms with Gasteiger partial charge in [-0.3, -0.25) is 0 Å². The molecule has 9 rings (SSSR count). The van der Waals surface area contributed by atoms with Crippen LogP contribution in [0.2, 0.25) is 0 Å². The van der Waals surface area contributed by atoms with E-state index >= 15 is 0 Å². The first kappa shape index (κ1) is 49.3. The molecule has 4 saturated carbocycles. The van der Waals surface area contributed by atoms with Gasteiger partial charge in [-0.25, -0.2) is 0 Å². The molecule has 0 amide bonds. The van der Waals surface area contributed by atoms with Crippen molar-refractivity contribution in [2.75, 3.05) is 6.61 Å². The molecule has 5 saturated heterocycles. The lowest BCUT2D eigenvalue weighted by Crippen LogP contribution is -2.68. The lowest BCUT2D eigenvalue weighted by Gasteiger charge is -2.71. The Morgan fingerprint density at radius 2 is 1.18 bits per heavy atom. The summed E-state index contributed by atoms with van der Waals surface area (Å²) in [6.45, 7) is 20.2. The zero-order valence-electron chi connectivity index (χ0n) is 40.0. The van der Waals surface area contributed by atoms with Crippen LogP contribution < -0.4 is 0 Å². The Balaban J connectivity index is 1.02. The minimum absolute atomic E-state index is 0.00653. The third-order valence-corrected chi connectivity index (χ3v) is 20.0. The van der Waals surface area contributed by atoms with E-state index < -0.39 is 122 Å². The van der Waals surface area contributed by atoms with Crippen LogP contribution in [0.1, 0.15) is 127 Å². The van der Waals surface area contributed by atoms with Gasteiger partial charge in [0, 0.05) is 6.42 Å². The quantitative estimate of drug-likeness (QED) is 0.157. The van der Waals surface area contributed by atoms with Crippen molar-refractivity contribution in [2.24, 2.45) is 45.3 Å². The molecule has 65 heavy (non-hydrogen) atoms. The predicted octanol–water partition coefficient (Wildman–Crippen LogP) is 1.61. The van der Waals surface area contributed by atoms with Crippen LogP contribution in [-0.2, 0) is 37.9 Å². The van der Waals surface area contributed by atoms with Crippen molar-refractivity contribution in [3.63, 3.8) is 0 Å².